The normalized spacial score (nSPS) is 29.0. The topological polar surface area (TPSA) is 49.4 Å². The summed E-state index contributed by atoms with van der Waals surface area (Å²) in [6.07, 6.45) is 2.41. The van der Waals surface area contributed by atoms with Crippen molar-refractivity contribution in [1.29, 1.82) is 0 Å². The molecule has 1 saturated carbocycles. The summed E-state index contributed by atoms with van der Waals surface area (Å²) in [5, 5.41) is 2.58. The zero-order valence-electron chi connectivity index (χ0n) is 7.75. The van der Waals surface area contributed by atoms with Crippen LogP contribution in [0.15, 0.2) is 0 Å². The molecule has 0 aromatic rings. The molecule has 1 unspecified atom stereocenters. The van der Waals surface area contributed by atoms with Gasteiger partial charge in [-0.2, -0.15) is 0 Å². The third kappa shape index (κ3) is 1.66. The van der Waals surface area contributed by atoms with E-state index in [4.69, 9.17) is 0 Å². The number of carbonyl (C=O) groups excluding carboxylic acids is 2. The van der Waals surface area contributed by atoms with E-state index >= 15 is 0 Å². The van der Waals surface area contributed by atoms with E-state index in [2.05, 4.69) is 5.32 Å². The lowest BCUT2D eigenvalue weighted by molar-refractivity contribution is -0.145. The lowest BCUT2D eigenvalue weighted by Crippen LogP contribution is -2.57. The van der Waals surface area contributed by atoms with Crippen LogP contribution >= 0.6 is 0 Å². The van der Waals surface area contributed by atoms with Crippen molar-refractivity contribution in [2.75, 3.05) is 13.1 Å². The first-order valence-corrected chi connectivity index (χ1v) is 4.75. The molecule has 4 nitrogen and oxygen atoms in total. The quantitative estimate of drug-likeness (QED) is 0.640. The second kappa shape index (κ2) is 3.01. The molecule has 2 aliphatic rings. The molecular weight excluding hydrogens is 168 g/mol. The Balaban J connectivity index is 2.01. The number of hydrogen-bond donors (Lipinski definition) is 1. The van der Waals surface area contributed by atoms with Gasteiger partial charge in [0.2, 0.25) is 11.8 Å². The lowest BCUT2D eigenvalue weighted by atomic mass is 10.2. The second-order valence-corrected chi connectivity index (χ2v) is 3.88. The van der Waals surface area contributed by atoms with E-state index < -0.39 is 0 Å². The van der Waals surface area contributed by atoms with Crippen molar-refractivity contribution >= 4 is 11.8 Å². The van der Waals surface area contributed by atoms with Gasteiger partial charge in [-0.3, -0.25) is 9.59 Å². The largest absolute Gasteiger partial charge is 0.345 e. The Hall–Kier alpha value is -1.06. The SMILES string of the molecule is CC1C(=O)NCC(=O)N1CC1CC1. The van der Waals surface area contributed by atoms with Gasteiger partial charge in [0.15, 0.2) is 0 Å². The minimum Gasteiger partial charge on any atom is -0.345 e. The molecule has 1 aliphatic carbocycles. The highest BCUT2D eigenvalue weighted by Crippen LogP contribution is 2.30. The molecule has 13 heavy (non-hydrogen) atoms. The molecule has 72 valence electrons. The first-order chi connectivity index (χ1) is 6.18. The fraction of sp³-hybridized carbons (Fsp3) is 0.778. The summed E-state index contributed by atoms with van der Waals surface area (Å²) < 4.78 is 0. The number of nitrogens with zero attached hydrogens (tertiary/aromatic N) is 1. The molecule has 0 spiro atoms. The van der Waals surface area contributed by atoms with Crippen LogP contribution in [-0.4, -0.2) is 35.8 Å². The maximum absolute atomic E-state index is 11.4. The Kier molecular flexibility index (Phi) is 1.98. The standard InChI is InChI=1S/C9H14N2O2/c1-6-9(13)10-4-8(12)11(6)5-7-2-3-7/h6-7H,2-5H2,1H3,(H,10,13). The van der Waals surface area contributed by atoms with Crippen LogP contribution in [0.5, 0.6) is 0 Å². The van der Waals surface area contributed by atoms with Crippen LogP contribution in [0.3, 0.4) is 0 Å². The van der Waals surface area contributed by atoms with E-state index in [0.29, 0.717) is 5.92 Å². The molecular formula is C9H14N2O2. The van der Waals surface area contributed by atoms with Crippen LogP contribution < -0.4 is 5.32 Å². The summed E-state index contributed by atoms with van der Waals surface area (Å²) in [7, 11) is 0. The Morgan fingerprint density at radius 1 is 1.46 bits per heavy atom. The van der Waals surface area contributed by atoms with Gasteiger partial charge in [0.05, 0.1) is 6.54 Å². The van der Waals surface area contributed by atoms with Gasteiger partial charge in [-0.1, -0.05) is 0 Å². The van der Waals surface area contributed by atoms with Crippen molar-refractivity contribution in [3.05, 3.63) is 0 Å². The van der Waals surface area contributed by atoms with E-state index in [1.54, 1.807) is 11.8 Å². The average Bonchev–Trinajstić information content (AvgIpc) is 2.89. The third-order valence-electron chi connectivity index (χ3n) is 2.73. The first kappa shape index (κ1) is 8.53. The van der Waals surface area contributed by atoms with Crippen molar-refractivity contribution in [2.24, 2.45) is 5.92 Å². The number of rotatable bonds is 2. The molecule has 1 aliphatic heterocycles. The van der Waals surface area contributed by atoms with Gasteiger partial charge in [-0.05, 0) is 25.7 Å². The predicted octanol–water partition coefficient (Wildman–Crippen LogP) is -0.257. The highest BCUT2D eigenvalue weighted by atomic mass is 16.2. The lowest BCUT2D eigenvalue weighted by Gasteiger charge is -2.32. The van der Waals surface area contributed by atoms with E-state index in [0.717, 1.165) is 6.54 Å². The molecule has 1 saturated heterocycles. The van der Waals surface area contributed by atoms with Crippen molar-refractivity contribution < 1.29 is 9.59 Å². The average molecular weight is 182 g/mol. The van der Waals surface area contributed by atoms with Gasteiger partial charge in [-0.25, -0.2) is 0 Å². The van der Waals surface area contributed by atoms with Crippen LogP contribution in [-0.2, 0) is 9.59 Å². The fourth-order valence-electron chi connectivity index (χ4n) is 1.61. The van der Waals surface area contributed by atoms with Crippen LogP contribution in [0.4, 0.5) is 0 Å². The van der Waals surface area contributed by atoms with E-state index in [1.165, 1.54) is 12.8 Å². The Bertz CT molecular complexity index is 248. The third-order valence-corrected chi connectivity index (χ3v) is 2.73. The highest BCUT2D eigenvalue weighted by Gasteiger charge is 2.34. The molecule has 1 atom stereocenters. The van der Waals surface area contributed by atoms with Gasteiger partial charge in [0.1, 0.15) is 6.04 Å². The van der Waals surface area contributed by atoms with Crippen molar-refractivity contribution in [3.63, 3.8) is 0 Å². The smallest absolute Gasteiger partial charge is 0.242 e. The van der Waals surface area contributed by atoms with Gasteiger partial charge < -0.3 is 10.2 Å². The summed E-state index contributed by atoms with van der Waals surface area (Å²) in [5.41, 5.74) is 0. The summed E-state index contributed by atoms with van der Waals surface area (Å²) in [6.45, 7) is 2.73. The number of carbonyl (C=O) groups is 2. The molecule has 1 heterocycles. The maximum atomic E-state index is 11.4. The molecule has 0 aromatic heterocycles. The maximum Gasteiger partial charge on any atom is 0.242 e. The minimum absolute atomic E-state index is 0.0275. The summed E-state index contributed by atoms with van der Waals surface area (Å²) in [4.78, 5) is 24.4. The van der Waals surface area contributed by atoms with Crippen molar-refractivity contribution in [3.8, 4) is 0 Å². The van der Waals surface area contributed by atoms with Crippen LogP contribution in [0.2, 0.25) is 0 Å². The Morgan fingerprint density at radius 2 is 2.15 bits per heavy atom. The molecule has 0 aromatic carbocycles. The van der Waals surface area contributed by atoms with E-state index in [-0.39, 0.29) is 24.4 Å². The number of piperazine rings is 1. The predicted molar refractivity (Wildman–Crippen MR) is 46.9 cm³/mol. The summed E-state index contributed by atoms with van der Waals surface area (Å²) in [5.74, 6) is 0.677. The van der Waals surface area contributed by atoms with Gasteiger partial charge in [0, 0.05) is 6.54 Å². The number of nitrogens with one attached hydrogen (secondary N) is 1. The van der Waals surface area contributed by atoms with Crippen LogP contribution in [0, 0.1) is 5.92 Å². The van der Waals surface area contributed by atoms with Gasteiger partial charge in [0.25, 0.3) is 0 Å². The van der Waals surface area contributed by atoms with Crippen molar-refractivity contribution in [1.82, 2.24) is 10.2 Å². The molecule has 2 amide bonds. The molecule has 2 fully saturated rings. The van der Waals surface area contributed by atoms with E-state index in [1.807, 2.05) is 0 Å². The first-order valence-electron chi connectivity index (χ1n) is 4.75. The van der Waals surface area contributed by atoms with Gasteiger partial charge >= 0.3 is 0 Å². The molecule has 0 radical (unpaired) electrons. The van der Waals surface area contributed by atoms with Gasteiger partial charge in [-0.15, -0.1) is 0 Å². The number of amides is 2. The van der Waals surface area contributed by atoms with Crippen molar-refractivity contribution in [2.45, 2.75) is 25.8 Å². The highest BCUT2D eigenvalue weighted by molar-refractivity contribution is 5.94. The summed E-state index contributed by atoms with van der Waals surface area (Å²) >= 11 is 0. The summed E-state index contributed by atoms with van der Waals surface area (Å²) in [6, 6.07) is -0.276. The molecule has 4 heteroatoms. The Morgan fingerprint density at radius 3 is 2.77 bits per heavy atom. The molecule has 2 rings (SSSR count). The number of hydrogen-bond acceptors (Lipinski definition) is 2. The van der Waals surface area contributed by atoms with Crippen LogP contribution in [0.1, 0.15) is 19.8 Å². The minimum atomic E-state index is -0.276. The zero-order valence-corrected chi connectivity index (χ0v) is 7.75. The molecule has 0 bridgehead atoms. The molecule has 1 N–H and O–H groups in total. The zero-order chi connectivity index (χ0) is 9.42. The Labute approximate surface area is 77.3 Å². The fourth-order valence-corrected chi connectivity index (χ4v) is 1.61. The second-order valence-electron chi connectivity index (χ2n) is 3.88. The monoisotopic (exact) mass is 182 g/mol. The van der Waals surface area contributed by atoms with Crippen LogP contribution in [0.25, 0.3) is 0 Å². The van der Waals surface area contributed by atoms with E-state index in [9.17, 15) is 9.59 Å².